The number of nitrogen functional groups attached to an aromatic ring is 1. The lowest BCUT2D eigenvalue weighted by molar-refractivity contribution is 0.0680. The number of rotatable bonds is 1. The van der Waals surface area contributed by atoms with E-state index in [2.05, 4.69) is 4.98 Å². The molecular weight excluding hydrogens is 203 g/mol. The van der Waals surface area contributed by atoms with Crippen molar-refractivity contribution in [3.05, 3.63) is 17.8 Å². The average Bonchev–Trinajstić information content (AvgIpc) is 2.32. The molecule has 0 bridgehead atoms. The lowest BCUT2D eigenvalue weighted by Crippen LogP contribution is -2.41. The second-order valence-electron chi connectivity index (χ2n) is 3.65. The number of amidine groups is 1. The summed E-state index contributed by atoms with van der Waals surface area (Å²) in [6, 6.07) is 1.68. The number of ether oxygens (including phenoxy) is 1. The van der Waals surface area contributed by atoms with Gasteiger partial charge in [-0.1, -0.05) is 11.5 Å². The van der Waals surface area contributed by atoms with Crippen LogP contribution in [0.2, 0.25) is 0 Å². The van der Waals surface area contributed by atoms with Gasteiger partial charge in [0.1, 0.15) is 19.5 Å². The van der Waals surface area contributed by atoms with Gasteiger partial charge in [-0.2, -0.15) is 0 Å². The van der Waals surface area contributed by atoms with Gasteiger partial charge in [0, 0.05) is 19.3 Å². The highest BCUT2D eigenvalue weighted by atomic mass is 16.5. The first-order chi connectivity index (χ1) is 7.68. The van der Waals surface area contributed by atoms with Gasteiger partial charge in [-0.25, -0.2) is 4.98 Å². The van der Waals surface area contributed by atoms with E-state index in [1.54, 1.807) is 6.07 Å². The van der Waals surface area contributed by atoms with E-state index in [1.807, 2.05) is 4.90 Å². The highest BCUT2D eigenvalue weighted by Crippen LogP contribution is 2.10. The van der Waals surface area contributed by atoms with Crippen molar-refractivity contribution in [3.63, 3.8) is 0 Å². The van der Waals surface area contributed by atoms with Crippen LogP contribution < -0.4 is 11.2 Å². The standard InChI is InChI=1S/C10H13BN4O/c11-7-5-8(9(12)14-6-7)10(13)15-1-3-16-4-2-15/h5-6,13H,1-4H2,(H2,12,14). The Balaban J connectivity index is 2.22. The Bertz CT molecular complexity index is 404. The summed E-state index contributed by atoms with van der Waals surface area (Å²) in [5, 5.41) is 8.06. The summed E-state index contributed by atoms with van der Waals surface area (Å²) < 4.78 is 5.23. The van der Waals surface area contributed by atoms with Crippen LogP contribution in [0.15, 0.2) is 12.3 Å². The number of hydrogen-bond donors (Lipinski definition) is 2. The molecule has 1 aromatic rings. The van der Waals surface area contributed by atoms with Crippen LogP contribution in [-0.4, -0.2) is 49.9 Å². The maximum Gasteiger partial charge on any atom is 0.134 e. The van der Waals surface area contributed by atoms with Crippen LogP contribution in [-0.2, 0) is 4.74 Å². The molecule has 0 aromatic carbocycles. The summed E-state index contributed by atoms with van der Waals surface area (Å²) >= 11 is 0. The van der Waals surface area contributed by atoms with E-state index in [0.717, 1.165) is 0 Å². The van der Waals surface area contributed by atoms with E-state index in [1.165, 1.54) is 6.20 Å². The molecule has 1 aromatic heterocycles. The fourth-order valence-electron chi connectivity index (χ4n) is 1.64. The number of anilines is 1. The molecule has 2 heterocycles. The Morgan fingerprint density at radius 3 is 2.88 bits per heavy atom. The predicted octanol–water partition coefficient (Wildman–Crippen LogP) is -0.885. The topological polar surface area (TPSA) is 75.2 Å². The minimum Gasteiger partial charge on any atom is -0.383 e. The van der Waals surface area contributed by atoms with E-state index in [0.29, 0.717) is 49.0 Å². The fraction of sp³-hybridized carbons (Fsp3) is 0.400. The third-order valence-corrected chi connectivity index (χ3v) is 2.52. The van der Waals surface area contributed by atoms with Crippen LogP contribution in [0.25, 0.3) is 0 Å². The van der Waals surface area contributed by atoms with E-state index in [9.17, 15) is 0 Å². The smallest absolute Gasteiger partial charge is 0.134 e. The fourth-order valence-corrected chi connectivity index (χ4v) is 1.64. The molecule has 2 radical (unpaired) electrons. The van der Waals surface area contributed by atoms with Gasteiger partial charge in [-0.3, -0.25) is 5.41 Å². The highest BCUT2D eigenvalue weighted by Gasteiger charge is 2.17. The molecule has 0 spiro atoms. The zero-order valence-electron chi connectivity index (χ0n) is 8.94. The highest BCUT2D eigenvalue weighted by molar-refractivity contribution is 6.32. The van der Waals surface area contributed by atoms with Gasteiger partial charge in [-0.15, -0.1) is 0 Å². The van der Waals surface area contributed by atoms with E-state index < -0.39 is 0 Å². The third kappa shape index (κ3) is 2.16. The molecule has 0 aliphatic carbocycles. The Kier molecular flexibility index (Phi) is 3.10. The number of nitrogens with two attached hydrogens (primary N) is 1. The molecule has 1 aliphatic heterocycles. The molecule has 1 saturated heterocycles. The van der Waals surface area contributed by atoms with Crippen LogP contribution in [0.1, 0.15) is 5.56 Å². The minimum atomic E-state index is 0.339. The normalized spacial score (nSPS) is 16.1. The second-order valence-corrected chi connectivity index (χ2v) is 3.65. The number of morpholine rings is 1. The van der Waals surface area contributed by atoms with Crippen LogP contribution in [0.5, 0.6) is 0 Å². The first-order valence-corrected chi connectivity index (χ1v) is 5.11. The van der Waals surface area contributed by atoms with Crippen LogP contribution in [0.3, 0.4) is 0 Å². The van der Waals surface area contributed by atoms with Crippen molar-refractivity contribution < 1.29 is 4.74 Å². The molecule has 0 atom stereocenters. The molecule has 1 aliphatic rings. The van der Waals surface area contributed by atoms with Crippen molar-refractivity contribution in [3.8, 4) is 0 Å². The minimum absolute atomic E-state index is 0.339. The number of hydrogen-bond acceptors (Lipinski definition) is 4. The van der Waals surface area contributed by atoms with Crippen molar-refractivity contribution in [2.75, 3.05) is 32.0 Å². The summed E-state index contributed by atoms with van der Waals surface area (Å²) in [5.74, 6) is 0.700. The second kappa shape index (κ2) is 4.53. The van der Waals surface area contributed by atoms with Crippen molar-refractivity contribution in [1.82, 2.24) is 9.88 Å². The summed E-state index contributed by atoms with van der Waals surface area (Å²) in [4.78, 5) is 5.86. The van der Waals surface area contributed by atoms with Gasteiger partial charge < -0.3 is 15.4 Å². The third-order valence-electron chi connectivity index (χ3n) is 2.52. The van der Waals surface area contributed by atoms with Crippen molar-refractivity contribution in [2.45, 2.75) is 0 Å². The number of nitrogens with one attached hydrogen (secondary N) is 1. The van der Waals surface area contributed by atoms with Gasteiger partial charge in [0.05, 0.1) is 18.8 Å². The summed E-state index contributed by atoms with van der Waals surface area (Å²) in [5.41, 5.74) is 6.83. The molecule has 2 rings (SSSR count). The first-order valence-electron chi connectivity index (χ1n) is 5.11. The van der Waals surface area contributed by atoms with Gasteiger partial charge in [0.15, 0.2) is 0 Å². The molecule has 5 nitrogen and oxygen atoms in total. The molecule has 6 heteroatoms. The van der Waals surface area contributed by atoms with Crippen molar-refractivity contribution in [2.24, 2.45) is 0 Å². The Morgan fingerprint density at radius 1 is 1.50 bits per heavy atom. The lowest BCUT2D eigenvalue weighted by Gasteiger charge is -2.29. The van der Waals surface area contributed by atoms with Gasteiger partial charge in [0.25, 0.3) is 0 Å². The number of pyridine rings is 1. The Morgan fingerprint density at radius 2 is 2.19 bits per heavy atom. The largest absolute Gasteiger partial charge is 0.383 e. The molecule has 0 saturated carbocycles. The Labute approximate surface area is 95.5 Å². The van der Waals surface area contributed by atoms with Gasteiger partial charge in [0.2, 0.25) is 0 Å². The van der Waals surface area contributed by atoms with E-state index >= 15 is 0 Å². The van der Waals surface area contributed by atoms with Crippen LogP contribution in [0, 0.1) is 5.41 Å². The zero-order valence-corrected chi connectivity index (χ0v) is 8.94. The molecule has 1 fully saturated rings. The molecule has 82 valence electrons. The van der Waals surface area contributed by atoms with E-state index in [4.69, 9.17) is 23.7 Å². The first kappa shape index (κ1) is 10.9. The maximum absolute atomic E-state index is 8.06. The lowest BCUT2D eigenvalue weighted by atomic mass is 9.96. The monoisotopic (exact) mass is 216 g/mol. The average molecular weight is 216 g/mol. The van der Waals surface area contributed by atoms with Crippen LogP contribution >= 0.6 is 0 Å². The molecule has 0 unspecified atom stereocenters. The van der Waals surface area contributed by atoms with Crippen molar-refractivity contribution >= 4 is 25.0 Å². The van der Waals surface area contributed by atoms with Gasteiger partial charge in [-0.05, 0) is 0 Å². The molecule has 3 N–H and O–H groups in total. The summed E-state index contributed by atoms with van der Waals surface area (Å²) in [6.45, 7) is 2.68. The molecular formula is C10H13BN4O. The number of aromatic nitrogens is 1. The zero-order chi connectivity index (χ0) is 11.5. The summed E-state index contributed by atoms with van der Waals surface area (Å²) in [7, 11) is 5.64. The quantitative estimate of drug-likeness (QED) is 0.363. The van der Waals surface area contributed by atoms with Gasteiger partial charge >= 0.3 is 0 Å². The number of nitrogens with zero attached hydrogens (tertiary/aromatic N) is 2. The maximum atomic E-state index is 8.06. The van der Waals surface area contributed by atoms with E-state index in [-0.39, 0.29) is 0 Å². The SMILES string of the molecule is [B]c1cnc(N)c(C(=N)N2CCOCC2)c1. The molecule has 16 heavy (non-hydrogen) atoms. The van der Waals surface area contributed by atoms with Crippen LogP contribution in [0.4, 0.5) is 5.82 Å². The summed E-state index contributed by atoms with van der Waals surface area (Å²) in [6.07, 6.45) is 1.49. The molecule has 0 amide bonds. The Hall–Kier alpha value is -1.56. The predicted molar refractivity (Wildman–Crippen MR) is 63.3 cm³/mol. The van der Waals surface area contributed by atoms with Crippen molar-refractivity contribution in [1.29, 1.82) is 5.41 Å².